The van der Waals surface area contributed by atoms with E-state index in [4.69, 9.17) is 5.11 Å². The van der Waals surface area contributed by atoms with Crippen molar-refractivity contribution in [3.05, 3.63) is 17.5 Å². The molecule has 0 radical (unpaired) electrons. The molecule has 0 fully saturated rings. The lowest BCUT2D eigenvalue weighted by Gasteiger charge is -2.02. The molecule has 0 bridgehead atoms. The quantitative estimate of drug-likeness (QED) is 0.816. The standard InChI is InChI=1S/C8H11F3N2O/c1-2-6-5-7(8(9,10)11)12-13(6)3-4-14/h5,14H,2-4H2,1H3. The number of hydrogen-bond donors (Lipinski definition) is 1. The number of nitrogens with zero attached hydrogens (tertiary/aromatic N) is 2. The van der Waals surface area contributed by atoms with Crippen LogP contribution in [0.4, 0.5) is 13.2 Å². The van der Waals surface area contributed by atoms with Gasteiger partial charge in [-0.2, -0.15) is 18.3 Å². The smallest absolute Gasteiger partial charge is 0.394 e. The van der Waals surface area contributed by atoms with Crippen molar-refractivity contribution in [3.8, 4) is 0 Å². The summed E-state index contributed by atoms with van der Waals surface area (Å²) < 4.78 is 37.8. The minimum atomic E-state index is -4.41. The molecule has 6 heteroatoms. The lowest BCUT2D eigenvalue weighted by Crippen LogP contribution is -2.10. The van der Waals surface area contributed by atoms with E-state index in [1.165, 1.54) is 4.68 Å². The Bertz CT molecular complexity index is 306. The van der Waals surface area contributed by atoms with E-state index in [0.29, 0.717) is 12.1 Å². The number of halogens is 3. The van der Waals surface area contributed by atoms with Crippen molar-refractivity contribution in [2.24, 2.45) is 0 Å². The van der Waals surface area contributed by atoms with Gasteiger partial charge in [0.15, 0.2) is 5.69 Å². The van der Waals surface area contributed by atoms with Gasteiger partial charge in [-0.1, -0.05) is 6.92 Å². The number of aryl methyl sites for hydroxylation is 1. The molecular weight excluding hydrogens is 197 g/mol. The van der Waals surface area contributed by atoms with Crippen LogP contribution in [0.2, 0.25) is 0 Å². The number of rotatable bonds is 3. The number of aliphatic hydroxyl groups excluding tert-OH is 1. The zero-order valence-electron chi connectivity index (χ0n) is 7.67. The van der Waals surface area contributed by atoms with Gasteiger partial charge in [-0.15, -0.1) is 0 Å². The number of hydrogen-bond acceptors (Lipinski definition) is 2. The van der Waals surface area contributed by atoms with E-state index in [1.807, 2.05) is 0 Å². The van der Waals surface area contributed by atoms with E-state index >= 15 is 0 Å². The predicted molar refractivity (Wildman–Crippen MR) is 43.7 cm³/mol. The molecule has 0 saturated heterocycles. The Morgan fingerprint density at radius 1 is 1.50 bits per heavy atom. The first kappa shape index (κ1) is 11.0. The van der Waals surface area contributed by atoms with Crippen LogP contribution in [0.25, 0.3) is 0 Å². The van der Waals surface area contributed by atoms with E-state index < -0.39 is 11.9 Å². The molecule has 0 amide bonds. The third-order valence-corrected chi connectivity index (χ3v) is 1.83. The maximum Gasteiger partial charge on any atom is 0.435 e. The second-order valence-electron chi connectivity index (χ2n) is 2.82. The van der Waals surface area contributed by atoms with Crippen LogP contribution >= 0.6 is 0 Å². The molecule has 0 atom stereocenters. The van der Waals surface area contributed by atoms with Crippen LogP contribution in [0.5, 0.6) is 0 Å². The summed E-state index contributed by atoms with van der Waals surface area (Å²) in [6, 6.07) is 1.01. The van der Waals surface area contributed by atoms with Gasteiger partial charge in [0.05, 0.1) is 13.2 Å². The van der Waals surface area contributed by atoms with Crippen LogP contribution in [0.1, 0.15) is 18.3 Å². The zero-order chi connectivity index (χ0) is 10.8. The third-order valence-electron chi connectivity index (χ3n) is 1.83. The minimum Gasteiger partial charge on any atom is -0.394 e. The highest BCUT2D eigenvalue weighted by Crippen LogP contribution is 2.28. The maximum atomic E-state index is 12.2. The van der Waals surface area contributed by atoms with E-state index in [2.05, 4.69) is 5.10 Å². The van der Waals surface area contributed by atoms with Gasteiger partial charge in [0.25, 0.3) is 0 Å². The first-order valence-electron chi connectivity index (χ1n) is 4.23. The highest BCUT2D eigenvalue weighted by atomic mass is 19.4. The molecule has 3 nitrogen and oxygen atoms in total. The summed E-state index contributed by atoms with van der Waals surface area (Å²) in [5.74, 6) is 0. The van der Waals surface area contributed by atoms with E-state index in [9.17, 15) is 13.2 Å². The lowest BCUT2D eigenvalue weighted by atomic mass is 10.3. The number of aliphatic hydroxyl groups is 1. The molecule has 0 aliphatic rings. The molecule has 1 N–H and O–H groups in total. The first-order valence-corrected chi connectivity index (χ1v) is 4.23. The predicted octanol–water partition coefficient (Wildman–Crippen LogP) is 1.46. The van der Waals surface area contributed by atoms with Crippen molar-refractivity contribution in [1.29, 1.82) is 0 Å². The Kier molecular flexibility index (Phi) is 3.15. The highest BCUT2D eigenvalue weighted by Gasteiger charge is 2.34. The first-order chi connectivity index (χ1) is 6.49. The summed E-state index contributed by atoms with van der Waals surface area (Å²) in [6.07, 6.45) is -3.95. The van der Waals surface area contributed by atoms with Gasteiger partial charge in [-0.3, -0.25) is 4.68 Å². The fraction of sp³-hybridized carbons (Fsp3) is 0.625. The Morgan fingerprint density at radius 2 is 2.14 bits per heavy atom. The fourth-order valence-corrected chi connectivity index (χ4v) is 1.17. The molecular formula is C8H11F3N2O. The average molecular weight is 208 g/mol. The van der Waals surface area contributed by atoms with Crippen LogP contribution in [0, 0.1) is 0 Å². The molecule has 0 aromatic carbocycles. The molecule has 1 aromatic heterocycles. The minimum absolute atomic E-state index is 0.0965. The van der Waals surface area contributed by atoms with Crippen LogP contribution in [-0.4, -0.2) is 21.5 Å². The molecule has 0 unspecified atom stereocenters. The summed E-state index contributed by atoms with van der Waals surface area (Å²) >= 11 is 0. The van der Waals surface area contributed by atoms with Crippen molar-refractivity contribution in [1.82, 2.24) is 9.78 Å². The monoisotopic (exact) mass is 208 g/mol. The van der Waals surface area contributed by atoms with Gasteiger partial charge in [0.1, 0.15) is 0 Å². The Morgan fingerprint density at radius 3 is 2.57 bits per heavy atom. The number of aromatic nitrogens is 2. The van der Waals surface area contributed by atoms with Gasteiger partial charge in [-0.05, 0) is 12.5 Å². The Hall–Kier alpha value is -1.04. The molecule has 14 heavy (non-hydrogen) atoms. The Labute approximate surface area is 79.2 Å². The van der Waals surface area contributed by atoms with Crippen LogP contribution < -0.4 is 0 Å². The van der Waals surface area contributed by atoms with Gasteiger partial charge in [-0.25, -0.2) is 0 Å². The molecule has 0 spiro atoms. The van der Waals surface area contributed by atoms with Gasteiger partial charge >= 0.3 is 6.18 Å². The van der Waals surface area contributed by atoms with Crippen LogP contribution in [-0.2, 0) is 19.1 Å². The molecule has 0 aliphatic carbocycles. The van der Waals surface area contributed by atoms with Gasteiger partial charge in [0, 0.05) is 5.69 Å². The summed E-state index contributed by atoms with van der Waals surface area (Å²) in [4.78, 5) is 0. The molecule has 0 aliphatic heterocycles. The molecule has 0 saturated carbocycles. The Balaban J connectivity index is 3.00. The summed E-state index contributed by atoms with van der Waals surface area (Å²) in [6.45, 7) is 1.62. The second-order valence-corrected chi connectivity index (χ2v) is 2.82. The SMILES string of the molecule is CCc1cc(C(F)(F)F)nn1CCO. The van der Waals surface area contributed by atoms with Gasteiger partial charge in [0.2, 0.25) is 0 Å². The van der Waals surface area contributed by atoms with Crippen molar-refractivity contribution in [3.63, 3.8) is 0 Å². The highest BCUT2D eigenvalue weighted by molar-refractivity contribution is 5.13. The van der Waals surface area contributed by atoms with Crippen molar-refractivity contribution in [2.45, 2.75) is 26.1 Å². The topological polar surface area (TPSA) is 38.0 Å². The maximum absolute atomic E-state index is 12.2. The van der Waals surface area contributed by atoms with E-state index in [-0.39, 0.29) is 13.2 Å². The summed E-state index contributed by atoms with van der Waals surface area (Å²) in [5, 5.41) is 12.0. The van der Waals surface area contributed by atoms with E-state index in [0.717, 1.165) is 6.07 Å². The van der Waals surface area contributed by atoms with Crippen molar-refractivity contribution < 1.29 is 18.3 Å². The summed E-state index contributed by atoms with van der Waals surface area (Å²) in [5.41, 5.74) is -0.422. The van der Waals surface area contributed by atoms with Crippen molar-refractivity contribution >= 4 is 0 Å². The van der Waals surface area contributed by atoms with Crippen LogP contribution in [0.15, 0.2) is 6.07 Å². The van der Waals surface area contributed by atoms with Crippen LogP contribution in [0.3, 0.4) is 0 Å². The van der Waals surface area contributed by atoms with E-state index in [1.54, 1.807) is 6.92 Å². The normalized spacial score (nSPS) is 12.1. The molecule has 1 rings (SSSR count). The summed E-state index contributed by atoms with van der Waals surface area (Å²) in [7, 11) is 0. The lowest BCUT2D eigenvalue weighted by molar-refractivity contribution is -0.141. The molecule has 1 heterocycles. The zero-order valence-corrected chi connectivity index (χ0v) is 7.67. The third kappa shape index (κ3) is 2.25. The fourth-order valence-electron chi connectivity index (χ4n) is 1.17. The average Bonchev–Trinajstić information content (AvgIpc) is 2.47. The molecule has 1 aromatic rings. The van der Waals surface area contributed by atoms with Gasteiger partial charge < -0.3 is 5.11 Å². The molecule has 80 valence electrons. The van der Waals surface area contributed by atoms with Crippen molar-refractivity contribution in [2.75, 3.05) is 6.61 Å². The second kappa shape index (κ2) is 4.00. The number of alkyl halides is 3. The largest absolute Gasteiger partial charge is 0.435 e.